The second-order valence-electron chi connectivity index (χ2n) is 15.2. The second kappa shape index (κ2) is 12.7. The Hall–Kier alpha value is -7.62. The molecule has 0 radical (unpaired) electrons. The maximum Gasteiger partial charge on any atom is 0.137 e. The number of para-hydroxylation sites is 1. The molecule has 0 amide bonds. The molecule has 0 N–H and O–H groups in total. The Bertz CT molecular complexity index is 3290. The van der Waals surface area contributed by atoms with Crippen LogP contribution in [0.1, 0.15) is 22.3 Å². The van der Waals surface area contributed by atoms with Gasteiger partial charge in [0.1, 0.15) is 22.3 Å². The van der Waals surface area contributed by atoms with Gasteiger partial charge in [-0.3, -0.25) is 0 Å². The van der Waals surface area contributed by atoms with Gasteiger partial charge in [0.15, 0.2) is 0 Å². The van der Waals surface area contributed by atoms with Crippen LogP contribution in [0.15, 0.2) is 221 Å². The largest absolute Gasteiger partial charge is 0.456 e. The van der Waals surface area contributed by atoms with E-state index in [1.807, 2.05) is 12.1 Å². The number of fused-ring (bicyclic) bond motifs is 9. The van der Waals surface area contributed by atoms with Crippen molar-refractivity contribution in [3.8, 4) is 22.3 Å². The Morgan fingerprint density at radius 3 is 1.59 bits per heavy atom. The van der Waals surface area contributed by atoms with Crippen molar-refractivity contribution in [2.45, 2.75) is 5.41 Å². The first-order chi connectivity index (χ1) is 28.7. The van der Waals surface area contributed by atoms with Crippen LogP contribution >= 0.6 is 0 Å². The van der Waals surface area contributed by atoms with Gasteiger partial charge in [-0.15, -0.1) is 0 Å². The fourth-order valence-electron chi connectivity index (χ4n) is 9.58. The van der Waals surface area contributed by atoms with E-state index in [1.54, 1.807) is 0 Å². The molecule has 58 heavy (non-hydrogen) atoms. The van der Waals surface area contributed by atoms with E-state index in [0.717, 1.165) is 60.9 Å². The predicted octanol–water partition coefficient (Wildman–Crippen LogP) is 15.0. The Morgan fingerprint density at radius 1 is 0.310 bits per heavy atom. The highest BCUT2D eigenvalue weighted by atomic mass is 16.3. The Morgan fingerprint density at radius 2 is 0.828 bits per heavy atom. The fourth-order valence-corrected chi connectivity index (χ4v) is 9.58. The van der Waals surface area contributed by atoms with Crippen molar-refractivity contribution in [2.24, 2.45) is 0 Å². The molecule has 11 aromatic rings. The molecule has 3 heteroatoms. The lowest BCUT2D eigenvalue weighted by molar-refractivity contribution is 0.665. The van der Waals surface area contributed by atoms with Crippen molar-refractivity contribution in [3.05, 3.63) is 235 Å². The van der Waals surface area contributed by atoms with E-state index < -0.39 is 5.41 Å². The minimum absolute atomic E-state index is 0.495. The predicted molar refractivity (Wildman–Crippen MR) is 238 cm³/mol. The van der Waals surface area contributed by atoms with Crippen molar-refractivity contribution in [1.82, 2.24) is 0 Å². The van der Waals surface area contributed by atoms with Crippen molar-refractivity contribution < 1.29 is 8.83 Å². The van der Waals surface area contributed by atoms with Gasteiger partial charge >= 0.3 is 0 Å². The number of hydrogen-bond donors (Lipinski definition) is 0. The first kappa shape index (κ1) is 32.6. The van der Waals surface area contributed by atoms with Crippen LogP contribution in [-0.2, 0) is 5.41 Å². The summed E-state index contributed by atoms with van der Waals surface area (Å²) in [4.78, 5) is 2.31. The maximum absolute atomic E-state index is 6.78. The van der Waals surface area contributed by atoms with Crippen LogP contribution in [0.4, 0.5) is 17.1 Å². The zero-order valence-corrected chi connectivity index (χ0v) is 31.5. The van der Waals surface area contributed by atoms with Gasteiger partial charge in [0.2, 0.25) is 0 Å². The molecule has 272 valence electrons. The highest BCUT2D eigenvalue weighted by molar-refractivity contribution is 6.08. The van der Waals surface area contributed by atoms with Crippen molar-refractivity contribution >= 4 is 60.9 Å². The molecule has 2 aromatic heterocycles. The van der Waals surface area contributed by atoms with E-state index in [2.05, 4.69) is 205 Å². The van der Waals surface area contributed by atoms with Gasteiger partial charge in [-0.25, -0.2) is 0 Å². The quantitative estimate of drug-likeness (QED) is 0.170. The number of anilines is 3. The molecule has 1 aliphatic rings. The SMILES string of the molecule is c1ccc(-c2ccc(N(c3ccc4c(c3)oc3ccccc34)c3ccc4oc5cc(C6(c7ccccc7)c7ccccc7-c7ccccc76)ccc5c4c3)cc2)cc1. The molecule has 0 saturated carbocycles. The van der Waals surface area contributed by atoms with Crippen LogP contribution < -0.4 is 4.90 Å². The van der Waals surface area contributed by atoms with E-state index in [0.29, 0.717) is 0 Å². The molecule has 1 aliphatic carbocycles. The molecule has 12 rings (SSSR count). The van der Waals surface area contributed by atoms with Crippen LogP contribution in [0, 0.1) is 0 Å². The van der Waals surface area contributed by atoms with Crippen LogP contribution in [0.2, 0.25) is 0 Å². The van der Waals surface area contributed by atoms with Gasteiger partial charge in [0.25, 0.3) is 0 Å². The van der Waals surface area contributed by atoms with E-state index in [-0.39, 0.29) is 0 Å². The molecule has 0 atom stereocenters. The lowest BCUT2D eigenvalue weighted by Gasteiger charge is -2.33. The number of rotatable bonds is 6. The third-order valence-electron chi connectivity index (χ3n) is 12.2. The molecule has 2 heterocycles. The van der Waals surface area contributed by atoms with Crippen LogP contribution in [-0.4, -0.2) is 0 Å². The van der Waals surface area contributed by atoms with Gasteiger partial charge in [-0.05, 0) is 99.1 Å². The number of nitrogens with zero attached hydrogens (tertiary/aromatic N) is 1. The molecule has 9 aromatic carbocycles. The molecular weight excluding hydrogens is 707 g/mol. The molecule has 0 fully saturated rings. The summed E-state index contributed by atoms with van der Waals surface area (Å²) in [5.74, 6) is 0. The van der Waals surface area contributed by atoms with Crippen LogP contribution in [0.3, 0.4) is 0 Å². The summed E-state index contributed by atoms with van der Waals surface area (Å²) < 4.78 is 13.2. The summed E-state index contributed by atoms with van der Waals surface area (Å²) in [6.45, 7) is 0. The summed E-state index contributed by atoms with van der Waals surface area (Å²) >= 11 is 0. The summed E-state index contributed by atoms with van der Waals surface area (Å²) in [7, 11) is 0. The summed E-state index contributed by atoms with van der Waals surface area (Å²) in [6.07, 6.45) is 0. The van der Waals surface area contributed by atoms with Gasteiger partial charge in [-0.1, -0.05) is 152 Å². The average Bonchev–Trinajstić information content (AvgIpc) is 3.95. The monoisotopic (exact) mass is 741 g/mol. The van der Waals surface area contributed by atoms with E-state index >= 15 is 0 Å². The van der Waals surface area contributed by atoms with Crippen LogP contribution in [0.5, 0.6) is 0 Å². The smallest absolute Gasteiger partial charge is 0.137 e. The minimum atomic E-state index is -0.495. The Balaban J connectivity index is 1.03. The standard InChI is InChI=1S/C55H35NO2/c1-3-13-36(14-4-1)37-23-26-40(27-24-37)56(42-28-31-46-45-19-9-12-22-51(45)57-54(46)35-42)41-29-32-52-48(34-41)47-30-25-39(33-53(47)58-52)55(38-15-5-2-6-16-38)49-20-10-7-17-43(49)44-18-8-11-21-50(44)55/h1-35H. The van der Waals surface area contributed by atoms with E-state index in [9.17, 15) is 0 Å². The summed E-state index contributed by atoms with van der Waals surface area (Å²) in [6, 6.07) is 76.1. The third-order valence-corrected chi connectivity index (χ3v) is 12.2. The lowest BCUT2D eigenvalue weighted by Crippen LogP contribution is -2.28. The average molecular weight is 742 g/mol. The Kier molecular flexibility index (Phi) is 7.14. The van der Waals surface area contributed by atoms with Crippen molar-refractivity contribution in [2.75, 3.05) is 4.90 Å². The van der Waals surface area contributed by atoms with Crippen molar-refractivity contribution in [1.29, 1.82) is 0 Å². The third kappa shape index (κ3) is 4.80. The summed E-state index contributed by atoms with van der Waals surface area (Å²) in [5.41, 5.74) is 16.0. The van der Waals surface area contributed by atoms with Gasteiger partial charge in [-0.2, -0.15) is 0 Å². The summed E-state index contributed by atoms with van der Waals surface area (Å²) in [5, 5.41) is 4.37. The molecule has 0 bridgehead atoms. The molecule has 0 unspecified atom stereocenters. The normalized spacial score (nSPS) is 13.0. The molecule has 0 spiro atoms. The molecule has 0 saturated heterocycles. The second-order valence-corrected chi connectivity index (χ2v) is 15.2. The van der Waals surface area contributed by atoms with Gasteiger partial charge < -0.3 is 13.7 Å². The first-order valence-electron chi connectivity index (χ1n) is 19.8. The lowest BCUT2D eigenvalue weighted by atomic mass is 9.67. The minimum Gasteiger partial charge on any atom is -0.456 e. The Labute approximate surface area is 335 Å². The fraction of sp³-hybridized carbons (Fsp3) is 0.0182. The maximum atomic E-state index is 6.78. The van der Waals surface area contributed by atoms with E-state index in [4.69, 9.17) is 8.83 Å². The van der Waals surface area contributed by atoms with Gasteiger partial charge in [0.05, 0.1) is 5.41 Å². The highest BCUT2D eigenvalue weighted by Gasteiger charge is 2.46. The number of hydrogen-bond acceptors (Lipinski definition) is 3. The molecule has 3 nitrogen and oxygen atoms in total. The number of benzene rings is 9. The first-order valence-corrected chi connectivity index (χ1v) is 19.8. The highest BCUT2D eigenvalue weighted by Crippen LogP contribution is 2.56. The van der Waals surface area contributed by atoms with Crippen LogP contribution in [0.25, 0.3) is 66.1 Å². The zero-order valence-electron chi connectivity index (χ0n) is 31.5. The number of furan rings is 2. The van der Waals surface area contributed by atoms with Crippen molar-refractivity contribution in [3.63, 3.8) is 0 Å². The molecular formula is C55H35NO2. The molecule has 0 aliphatic heterocycles. The van der Waals surface area contributed by atoms with Gasteiger partial charge in [0, 0.05) is 44.7 Å². The van der Waals surface area contributed by atoms with E-state index in [1.165, 1.54) is 44.5 Å². The zero-order chi connectivity index (χ0) is 38.2. The topological polar surface area (TPSA) is 29.5 Å².